The Labute approximate surface area is 103 Å². The molecule has 0 atom stereocenters. The average Bonchev–Trinajstić information content (AvgIpc) is 2.28. The van der Waals surface area contributed by atoms with Crippen LogP contribution in [0.5, 0.6) is 0 Å². The van der Waals surface area contributed by atoms with Crippen molar-refractivity contribution >= 4 is 5.91 Å². The van der Waals surface area contributed by atoms with Crippen molar-refractivity contribution in [3.8, 4) is 0 Å². The zero-order valence-electron chi connectivity index (χ0n) is 10.8. The van der Waals surface area contributed by atoms with Gasteiger partial charge in [-0.3, -0.25) is 9.78 Å². The number of aryl methyl sites for hydroxylation is 1. The maximum Gasteiger partial charge on any atom is 0.221 e. The van der Waals surface area contributed by atoms with Gasteiger partial charge in [0.2, 0.25) is 5.91 Å². The first-order chi connectivity index (χ1) is 8.08. The Morgan fingerprint density at radius 1 is 1.41 bits per heavy atom. The fraction of sp³-hybridized carbons (Fsp3) is 0.538. The monoisotopic (exact) mass is 235 g/mol. The van der Waals surface area contributed by atoms with E-state index in [1.54, 1.807) is 6.20 Å². The highest BCUT2D eigenvalue weighted by Gasteiger charge is 2.01. The summed E-state index contributed by atoms with van der Waals surface area (Å²) in [5.74, 6) is 0.0683. The van der Waals surface area contributed by atoms with Gasteiger partial charge in [-0.1, -0.05) is 19.9 Å². The first-order valence-corrected chi connectivity index (χ1v) is 5.99. The number of carbonyl (C=O) groups is 1. The van der Waals surface area contributed by atoms with Gasteiger partial charge in [-0.2, -0.15) is 0 Å². The van der Waals surface area contributed by atoms with Crippen LogP contribution >= 0.6 is 0 Å². The minimum absolute atomic E-state index is 0.0683. The van der Waals surface area contributed by atoms with Crippen molar-refractivity contribution in [3.05, 3.63) is 29.6 Å². The third-order valence-corrected chi connectivity index (χ3v) is 2.37. The lowest BCUT2D eigenvalue weighted by molar-refractivity contribution is -0.121. The van der Waals surface area contributed by atoms with E-state index < -0.39 is 0 Å². The molecule has 1 heterocycles. The molecule has 17 heavy (non-hydrogen) atoms. The molecule has 0 fully saturated rings. The third-order valence-electron chi connectivity index (χ3n) is 2.37. The number of pyridine rings is 1. The summed E-state index contributed by atoms with van der Waals surface area (Å²) in [6.07, 6.45) is 2.31. The molecule has 0 unspecified atom stereocenters. The maximum atomic E-state index is 11.5. The van der Waals surface area contributed by atoms with Crippen LogP contribution in [0.3, 0.4) is 0 Å². The first-order valence-electron chi connectivity index (χ1n) is 5.99. The summed E-state index contributed by atoms with van der Waals surface area (Å²) in [6.45, 7) is 7.34. The summed E-state index contributed by atoms with van der Waals surface area (Å²) >= 11 is 0. The summed E-state index contributed by atoms with van der Waals surface area (Å²) in [4.78, 5) is 15.7. The molecule has 0 saturated heterocycles. The lowest BCUT2D eigenvalue weighted by atomic mass is 10.2. The van der Waals surface area contributed by atoms with Crippen LogP contribution in [0.25, 0.3) is 0 Å². The largest absolute Gasteiger partial charge is 0.352 e. The number of hydrogen-bond donors (Lipinski definition) is 2. The highest BCUT2D eigenvalue weighted by atomic mass is 16.1. The fourth-order valence-corrected chi connectivity index (χ4v) is 1.37. The zero-order valence-corrected chi connectivity index (χ0v) is 10.8. The van der Waals surface area contributed by atoms with Crippen LogP contribution in [0, 0.1) is 6.92 Å². The van der Waals surface area contributed by atoms with Gasteiger partial charge in [0.25, 0.3) is 0 Å². The third kappa shape index (κ3) is 6.02. The number of amides is 1. The lowest BCUT2D eigenvalue weighted by Gasteiger charge is -2.08. The summed E-state index contributed by atoms with van der Waals surface area (Å²) in [5, 5.41) is 6.08. The van der Waals surface area contributed by atoms with Gasteiger partial charge in [0.1, 0.15) is 0 Å². The Bertz CT molecular complexity index is 346. The van der Waals surface area contributed by atoms with E-state index in [2.05, 4.69) is 29.5 Å². The highest BCUT2D eigenvalue weighted by molar-refractivity contribution is 5.76. The normalized spacial score (nSPS) is 10.6. The molecule has 4 heteroatoms. The molecule has 0 bridgehead atoms. The molecule has 1 rings (SSSR count). The van der Waals surface area contributed by atoms with Gasteiger partial charge in [0.05, 0.1) is 0 Å². The van der Waals surface area contributed by atoms with E-state index in [1.807, 2.05) is 19.1 Å². The second-order valence-electron chi connectivity index (χ2n) is 4.44. The van der Waals surface area contributed by atoms with Crippen LogP contribution in [0.15, 0.2) is 18.3 Å². The van der Waals surface area contributed by atoms with E-state index >= 15 is 0 Å². The molecule has 2 N–H and O–H groups in total. The van der Waals surface area contributed by atoms with E-state index in [4.69, 9.17) is 0 Å². The topological polar surface area (TPSA) is 54.0 Å². The Morgan fingerprint density at radius 2 is 2.18 bits per heavy atom. The predicted molar refractivity (Wildman–Crippen MR) is 68.6 cm³/mol. The summed E-state index contributed by atoms with van der Waals surface area (Å²) in [7, 11) is 0. The molecule has 1 amide bonds. The van der Waals surface area contributed by atoms with Gasteiger partial charge in [-0.05, 0) is 18.6 Å². The summed E-state index contributed by atoms with van der Waals surface area (Å²) in [5.41, 5.74) is 2.02. The number of nitrogens with one attached hydrogen (secondary N) is 2. The van der Waals surface area contributed by atoms with Gasteiger partial charge < -0.3 is 10.6 Å². The number of aromatic nitrogens is 1. The van der Waals surface area contributed by atoms with Gasteiger partial charge >= 0.3 is 0 Å². The van der Waals surface area contributed by atoms with Gasteiger partial charge in [0.15, 0.2) is 0 Å². The van der Waals surface area contributed by atoms with Crippen LogP contribution in [0.4, 0.5) is 0 Å². The molecule has 0 aliphatic rings. The van der Waals surface area contributed by atoms with E-state index in [0.29, 0.717) is 19.0 Å². The number of rotatable bonds is 6. The Balaban J connectivity index is 2.21. The minimum atomic E-state index is 0.0683. The van der Waals surface area contributed by atoms with Gasteiger partial charge in [0, 0.05) is 37.4 Å². The Hall–Kier alpha value is -1.42. The summed E-state index contributed by atoms with van der Waals surface area (Å²) in [6, 6.07) is 4.35. The predicted octanol–water partition coefficient (Wildman–Crippen LogP) is 1.39. The van der Waals surface area contributed by atoms with Crippen LogP contribution in [0.2, 0.25) is 0 Å². The Kier molecular flexibility index (Phi) is 5.63. The molecule has 0 aliphatic heterocycles. The second-order valence-corrected chi connectivity index (χ2v) is 4.44. The van der Waals surface area contributed by atoms with Crippen LogP contribution in [-0.2, 0) is 11.3 Å². The molecule has 4 nitrogen and oxygen atoms in total. The zero-order chi connectivity index (χ0) is 12.7. The van der Waals surface area contributed by atoms with Crippen LogP contribution < -0.4 is 10.6 Å². The van der Waals surface area contributed by atoms with Crippen LogP contribution in [0.1, 0.15) is 31.5 Å². The maximum absolute atomic E-state index is 11.5. The first kappa shape index (κ1) is 13.6. The molecule has 1 aromatic heterocycles. The smallest absolute Gasteiger partial charge is 0.221 e. The minimum Gasteiger partial charge on any atom is -0.352 e. The number of hydrogen-bond acceptors (Lipinski definition) is 3. The fourth-order valence-electron chi connectivity index (χ4n) is 1.37. The number of carbonyl (C=O) groups excluding carboxylic acids is 1. The molecule has 94 valence electrons. The SMILES string of the molecule is Cc1ccc(CNC(=O)CCNC(C)C)cn1. The van der Waals surface area contributed by atoms with Crippen molar-refractivity contribution in [1.82, 2.24) is 15.6 Å². The van der Waals surface area contributed by atoms with Gasteiger partial charge in [-0.15, -0.1) is 0 Å². The molecule has 0 saturated carbocycles. The summed E-state index contributed by atoms with van der Waals surface area (Å²) < 4.78 is 0. The second kappa shape index (κ2) is 7.01. The quantitative estimate of drug-likeness (QED) is 0.783. The van der Waals surface area contributed by atoms with Crippen LogP contribution in [-0.4, -0.2) is 23.5 Å². The van der Waals surface area contributed by atoms with Crippen molar-refractivity contribution in [2.45, 2.75) is 39.8 Å². The molecule has 0 radical (unpaired) electrons. The molecule has 0 spiro atoms. The molecule has 0 aromatic carbocycles. The lowest BCUT2D eigenvalue weighted by Crippen LogP contribution is -2.30. The highest BCUT2D eigenvalue weighted by Crippen LogP contribution is 1.98. The van der Waals surface area contributed by atoms with E-state index in [0.717, 1.165) is 17.8 Å². The molecular formula is C13H21N3O. The van der Waals surface area contributed by atoms with Crippen molar-refractivity contribution < 1.29 is 4.79 Å². The standard InChI is InChI=1S/C13H21N3O/c1-10(2)14-7-6-13(17)16-9-12-5-4-11(3)15-8-12/h4-5,8,10,14H,6-7,9H2,1-3H3,(H,16,17). The van der Waals surface area contributed by atoms with E-state index in [9.17, 15) is 4.79 Å². The van der Waals surface area contributed by atoms with E-state index in [-0.39, 0.29) is 5.91 Å². The molecular weight excluding hydrogens is 214 g/mol. The van der Waals surface area contributed by atoms with Crippen molar-refractivity contribution in [2.75, 3.05) is 6.54 Å². The van der Waals surface area contributed by atoms with Crippen molar-refractivity contribution in [3.63, 3.8) is 0 Å². The van der Waals surface area contributed by atoms with Gasteiger partial charge in [-0.25, -0.2) is 0 Å². The average molecular weight is 235 g/mol. The van der Waals surface area contributed by atoms with Crippen molar-refractivity contribution in [1.29, 1.82) is 0 Å². The van der Waals surface area contributed by atoms with E-state index in [1.165, 1.54) is 0 Å². The number of nitrogens with zero attached hydrogens (tertiary/aromatic N) is 1. The Morgan fingerprint density at radius 3 is 2.76 bits per heavy atom. The molecule has 1 aromatic rings. The molecule has 0 aliphatic carbocycles. The van der Waals surface area contributed by atoms with Crippen molar-refractivity contribution in [2.24, 2.45) is 0 Å².